The van der Waals surface area contributed by atoms with Gasteiger partial charge >= 0.3 is 5.76 Å². The normalized spacial score (nSPS) is 12.6. The Bertz CT molecular complexity index is 899. The van der Waals surface area contributed by atoms with Gasteiger partial charge in [-0.15, -0.1) is 0 Å². The van der Waals surface area contributed by atoms with Gasteiger partial charge in [-0.25, -0.2) is 16.8 Å². The maximum Gasteiger partial charge on any atom is 0.341 e. The lowest BCUT2D eigenvalue weighted by Crippen LogP contribution is -2.15. The summed E-state index contributed by atoms with van der Waals surface area (Å²) < 4.78 is 78.9. The van der Waals surface area contributed by atoms with E-state index in [0.717, 1.165) is 24.3 Å². The van der Waals surface area contributed by atoms with Crippen LogP contribution in [0.1, 0.15) is 11.5 Å². The molecule has 0 aliphatic rings. The first-order valence-corrected chi connectivity index (χ1v) is 9.16. The van der Waals surface area contributed by atoms with Gasteiger partial charge in [0.05, 0.1) is 4.90 Å². The molecule has 2 rings (SSSR count). The number of benzene rings is 1. The van der Waals surface area contributed by atoms with Crippen LogP contribution in [0.15, 0.2) is 38.6 Å². The molecule has 0 fully saturated rings. The number of sulfonamides is 1. The molecule has 1 aromatic carbocycles. The molecule has 1 heterocycles. The molecule has 0 atom stereocenters. The second-order valence-electron chi connectivity index (χ2n) is 4.59. The monoisotopic (exact) mass is 366 g/mol. The summed E-state index contributed by atoms with van der Waals surface area (Å²) in [4.78, 5) is -0.741. The molecule has 0 saturated carbocycles. The SMILES string of the molecule is Cc1noc(C)c1S(=O)(=O)Nc1ccc(S(=O)(=O)C(F)F)cc1. The lowest BCUT2D eigenvalue weighted by atomic mass is 10.3. The smallest absolute Gasteiger partial charge is 0.341 e. The van der Waals surface area contributed by atoms with Crippen LogP contribution in [0.2, 0.25) is 0 Å². The van der Waals surface area contributed by atoms with E-state index in [-0.39, 0.29) is 22.0 Å². The highest BCUT2D eigenvalue weighted by atomic mass is 32.2. The summed E-state index contributed by atoms with van der Waals surface area (Å²) >= 11 is 0. The minimum Gasteiger partial charge on any atom is -0.360 e. The van der Waals surface area contributed by atoms with Gasteiger partial charge in [0.1, 0.15) is 5.69 Å². The molecule has 1 aromatic heterocycles. The predicted molar refractivity (Wildman–Crippen MR) is 76.4 cm³/mol. The Hall–Kier alpha value is -2.01. The van der Waals surface area contributed by atoms with E-state index in [0.29, 0.717) is 0 Å². The molecule has 0 amide bonds. The van der Waals surface area contributed by atoms with Crippen LogP contribution in [0, 0.1) is 13.8 Å². The summed E-state index contributed by atoms with van der Waals surface area (Å²) in [6.45, 7) is 2.87. The van der Waals surface area contributed by atoms with Gasteiger partial charge in [0.2, 0.25) is 9.84 Å². The number of hydrogen-bond acceptors (Lipinski definition) is 6. The molecule has 11 heteroatoms. The number of hydrogen-bond donors (Lipinski definition) is 1. The first-order chi connectivity index (χ1) is 10.6. The molecule has 0 saturated heterocycles. The van der Waals surface area contributed by atoms with Crippen LogP contribution < -0.4 is 4.72 Å². The van der Waals surface area contributed by atoms with Crippen molar-refractivity contribution in [1.82, 2.24) is 5.16 Å². The minimum absolute atomic E-state index is 0.0122. The summed E-state index contributed by atoms with van der Waals surface area (Å²) in [5.74, 6) is -3.46. The lowest BCUT2D eigenvalue weighted by Gasteiger charge is -2.08. The average Bonchev–Trinajstić information content (AvgIpc) is 2.78. The first kappa shape index (κ1) is 17.3. The molecule has 1 N–H and O–H groups in total. The van der Waals surface area contributed by atoms with E-state index < -0.39 is 30.5 Å². The third-order valence-corrected chi connectivity index (χ3v) is 5.93. The highest BCUT2D eigenvalue weighted by Gasteiger charge is 2.27. The number of rotatable bonds is 5. The fourth-order valence-corrected chi connectivity index (χ4v) is 3.99. The second-order valence-corrected chi connectivity index (χ2v) is 8.13. The summed E-state index contributed by atoms with van der Waals surface area (Å²) in [6.07, 6.45) is 0. The standard InChI is InChI=1S/C12H12F2N2O5S2/c1-7-11(8(2)21-15-7)23(19,20)16-9-3-5-10(6-4-9)22(17,18)12(13)14/h3-6,12,16H,1-2H3. The van der Waals surface area contributed by atoms with Gasteiger partial charge in [0, 0.05) is 5.69 Å². The van der Waals surface area contributed by atoms with Gasteiger partial charge < -0.3 is 4.52 Å². The van der Waals surface area contributed by atoms with E-state index in [2.05, 4.69) is 9.88 Å². The van der Waals surface area contributed by atoms with Gasteiger partial charge in [-0.3, -0.25) is 4.72 Å². The van der Waals surface area contributed by atoms with Crippen LogP contribution in [-0.4, -0.2) is 27.7 Å². The van der Waals surface area contributed by atoms with Crippen LogP contribution in [0.25, 0.3) is 0 Å². The quantitative estimate of drug-likeness (QED) is 0.868. The van der Waals surface area contributed by atoms with Crippen LogP contribution in [0.3, 0.4) is 0 Å². The van der Waals surface area contributed by atoms with Crippen LogP contribution >= 0.6 is 0 Å². The molecular weight excluding hydrogens is 354 g/mol. The topological polar surface area (TPSA) is 106 Å². The zero-order valence-electron chi connectivity index (χ0n) is 11.9. The van der Waals surface area contributed by atoms with Crippen molar-refractivity contribution in [1.29, 1.82) is 0 Å². The molecule has 0 aliphatic carbocycles. The number of aromatic nitrogens is 1. The number of alkyl halides is 2. The molecule has 0 unspecified atom stereocenters. The lowest BCUT2D eigenvalue weighted by molar-refractivity contribution is 0.234. The molecule has 2 aromatic rings. The van der Waals surface area contributed by atoms with E-state index in [1.807, 2.05) is 0 Å². The third-order valence-electron chi connectivity index (χ3n) is 2.91. The van der Waals surface area contributed by atoms with Gasteiger partial charge in [-0.1, -0.05) is 5.16 Å². The largest absolute Gasteiger partial charge is 0.360 e. The average molecular weight is 366 g/mol. The van der Waals surface area contributed by atoms with Crippen molar-refractivity contribution in [2.24, 2.45) is 0 Å². The molecule has 0 aliphatic heterocycles. The van der Waals surface area contributed by atoms with Gasteiger partial charge in [0.25, 0.3) is 10.0 Å². The first-order valence-electron chi connectivity index (χ1n) is 6.13. The van der Waals surface area contributed by atoms with E-state index in [1.165, 1.54) is 13.8 Å². The molecule has 0 spiro atoms. The van der Waals surface area contributed by atoms with Crippen molar-refractivity contribution in [2.45, 2.75) is 29.4 Å². The van der Waals surface area contributed by atoms with Gasteiger partial charge in [-0.05, 0) is 38.1 Å². The molecular formula is C12H12F2N2O5S2. The maximum absolute atomic E-state index is 12.4. The Morgan fingerprint density at radius 2 is 1.65 bits per heavy atom. The maximum atomic E-state index is 12.4. The van der Waals surface area contributed by atoms with E-state index in [9.17, 15) is 25.6 Å². The Morgan fingerprint density at radius 1 is 1.09 bits per heavy atom. The summed E-state index contributed by atoms with van der Waals surface area (Å²) in [5.41, 5.74) is 0.171. The Morgan fingerprint density at radius 3 is 2.09 bits per heavy atom. The molecule has 0 bridgehead atoms. The van der Waals surface area contributed by atoms with Gasteiger partial charge in [0.15, 0.2) is 10.7 Å². The van der Waals surface area contributed by atoms with E-state index in [4.69, 9.17) is 4.52 Å². The van der Waals surface area contributed by atoms with Crippen molar-refractivity contribution in [3.63, 3.8) is 0 Å². The second kappa shape index (κ2) is 5.89. The Labute approximate surface area is 131 Å². The molecule has 23 heavy (non-hydrogen) atoms. The molecule has 126 valence electrons. The Kier molecular flexibility index (Phi) is 4.44. The van der Waals surface area contributed by atoms with Crippen molar-refractivity contribution in [2.75, 3.05) is 4.72 Å². The predicted octanol–water partition coefficient (Wildman–Crippen LogP) is 2.09. The van der Waals surface area contributed by atoms with Crippen LogP contribution in [0.4, 0.5) is 14.5 Å². The fraction of sp³-hybridized carbons (Fsp3) is 0.250. The zero-order valence-corrected chi connectivity index (χ0v) is 13.6. The van der Waals surface area contributed by atoms with Gasteiger partial charge in [-0.2, -0.15) is 8.78 Å². The molecule has 0 radical (unpaired) electrons. The highest BCUT2D eigenvalue weighted by molar-refractivity contribution is 7.93. The van der Waals surface area contributed by atoms with Crippen LogP contribution in [-0.2, 0) is 19.9 Å². The number of sulfone groups is 1. The number of halogens is 2. The number of aryl methyl sites for hydroxylation is 2. The van der Waals surface area contributed by atoms with E-state index in [1.54, 1.807) is 0 Å². The Balaban J connectivity index is 2.32. The zero-order chi connectivity index (χ0) is 17.4. The van der Waals surface area contributed by atoms with Crippen LogP contribution in [0.5, 0.6) is 0 Å². The fourth-order valence-electron chi connectivity index (χ4n) is 1.88. The van der Waals surface area contributed by atoms with Crippen molar-refractivity contribution in [3.05, 3.63) is 35.7 Å². The summed E-state index contributed by atoms with van der Waals surface area (Å²) in [6, 6.07) is 3.94. The minimum atomic E-state index is -4.73. The number of anilines is 1. The highest BCUT2D eigenvalue weighted by Crippen LogP contribution is 2.24. The molecule has 7 nitrogen and oxygen atoms in total. The van der Waals surface area contributed by atoms with Crippen molar-refractivity contribution in [3.8, 4) is 0 Å². The van der Waals surface area contributed by atoms with E-state index >= 15 is 0 Å². The number of nitrogens with zero attached hydrogens (tertiary/aromatic N) is 1. The number of nitrogens with one attached hydrogen (secondary N) is 1. The van der Waals surface area contributed by atoms with Crippen molar-refractivity contribution < 1.29 is 30.1 Å². The van der Waals surface area contributed by atoms with Crippen molar-refractivity contribution >= 4 is 25.5 Å². The summed E-state index contributed by atoms with van der Waals surface area (Å²) in [7, 11) is -8.73. The third kappa shape index (κ3) is 3.34. The summed E-state index contributed by atoms with van der Waals surface area (Å²) in [5, 5.41) is 3.53.